The molecule has 0 bridgehead atoms. The van der Waals surface area contributed by atoms with Crippen LogP contribution < -0.4 is 0 Å². The number of nitrogens with one attached hydrogen (secondary N) is 1. The molecule has 5 nitrogen and oxygen atoms in total. The molecule has 2 aromatic rings. The minimum Gasteiger partial charge on any atom is -0.239 e. The molecule has 0 amide bonds. The summed E-state index contributed by atoms with van der Waals surface area (Å²) in [6.45, 7) is 0. The van der Waals surface area contributed by atoms with E-state index in [9.17, 15) is 5.11 Å². The normalized spacial score (nSPS) is 12.7. The summed E-state index contributed by atoms with van der Waals surface area (Å²) in [6.07, 6.45) is 0. The first-order valence-corrected chi connectivity index (χ1v) is 4.35. The van der Waals surface area contributed by atoms with Crippen LogP contribution in [0.2, 0.25) is 0 Å². The second-order valence-corrected chi connectivity index (χ2v) is 3.09. The average Bonchev–Trinajstić information content (AvgIpc) is 2.71. The zero-order chi connectivity index (χ0) is 9.97. The highest BCUT2D eigenvalue weighted by Crippen LogP contribution is 2.22. The quantitative estimate of drug-likeness (QED) is 0.763. The lowest BCUT2D eigenvalue weighted by Crippen LogP contribution is -1.88. The van der Waals surface area contributed by atoms with Gasteiger partial charge >= 0.3 is 0 Å². The van der Waals surface area contributed by atoms with Crippen LogP contribution in [-0.4, -0.2) is 20.6 Å². The first-order chi connectivity index (χ1) is 6.77. The third kappa shape index (κ3) is 1.73. The zero-order valence-electron chi connectivity index (χ0n) is 7.01. The lowest BCUT2D eigenvalue weighted by Gasteiger charge is -2.01. The third-order valence-electron chi connectivity index (χ3n) is 1.77. The fourth-order valence-electron chi connectivity index (χ4n) is 1.11. The van der Waals surface area contributed by atoms with E-state index in [4.69, 9.17) is 11.6 Å². The van der Waals surface area contributed by atoms with Crippen LogP contribution in [-0.2, 0) is 5.11 Å². The standard InChI is InChI=1S/C8H6ClN4O/c9-7(14)5-2-1-3-6(4-5)8-10-12-13-11-8/h1-4,7H,(H,10,11,12,13). The number of H-pyrrole nitrogens is 1. The molecule has 1 aromatic heterocycles. The molecule has 1 N–H and O–H groups in total. The number of tetrazole rings is 1. The molecule has 0 aliphatic heterocycles. The first-order valence-electron chi connectivity index (χ1n) is 3.91. The average molecular weight is 210 g/mol. The van der Waals surface area contributed by atoms with Crippen LogP contribution in [0.25, 0.3) is 11.4 Å². The zero-order valence-corrected chi connectivity index (χ0v) is 7.77. The maximum Gasteiger partial charge on any atom is 0.191 e. The van der Waals surface area contributed by atoms with Gasteiger partial charge in [0.05, 0.1) is 0 Å². The van der Waals surface area contributed by atoms with Gasteiger partial charge in [0, 0.05) is 5.56 Å². The van der Waals surface area contributed by atoms with Crippen LogP contribution in [0.1, 0.15) is 11.1 Å². The molecule has 1 atom stereocenters. The predicted octanol–water partition coefficient (Wildman–Crippen LogP) is 1.53. The van der Waals surface area contributed by atoms with Gasteiger partial charge < -0.3 is 0 Å². The molecule has 0 aliphatic carbocycles. The SMILES string of the molecule is [O]C(Cl)c1cccc(-c2nnn[nH]2)c1. The van der Waals surface area contributed by atoms with Crippen molar-refractivity contribution < 1.29 is 5.11 Å². The maximum atomic E-state index is 11.0. The minimum atomic E-state index is -1.26. The monoisotopic (exact) mass is 209 g/mol. The lowest BCUT2D eigenvalue weighted by atomic mass is 10.1. The van der Waals surface area contributed by atoms with Gasteiger partial charge in [0.15, 0.2) is 11.4 Å². The van der Waals surface area contributed by atoms with Crippen LogP contribution in [0.15, 0.2) is 24.3 Å². The second-order valence-electron chi connectivity index (χ2n) is 2.69. The van der Waals surface area contributed by atoms with Gasteiger partial charge in [-0.2, -0.15) is 0 Å². The van der Waals surface area contributed by atoms with Gasteiger partial charge in [-0.15, -0.1) is 5.10 Å². The summed E-state index contributed by atoms with van der Waals surface area (Å²) < 4.78 is 0. The second kappa shape index (κ2) is 3.73. The molecule has 0 saturated heterocycles. The molecule has 1 radical (unpaired) electrons. The van der Waals surface area contributed by atoms with E-state index in [1.165, 1.54) is 0 Å². The largest absolute Gasteiger partial charge is 0.239 e. The predicted molar refractivity (Wildman–Crippen MR) is 48.9 cm³/mol. The number of benzene rings is 1. The van der Waals surface area contributed by atoms with Crippen molar-refractivity contribution in [2.75, 3.05) is 0 Å². The Morgan fingerprint density at radius 1 is 1.43 bits per heavy atom. The molecule has 1 heterocycles. The van der Waals surface area contributed by atoms with Gasteiger partial charge in [-0.3, -0.25) is 0 Å². The van der Waals surface area contributed by atoms with Crippen molar-refractivity contribution in [1.82, 2.24) is 20.6 Å². The Morgan fingerprint density at radius 2 is 2.29 bits per heavy atom. The molecular weight excluding hydrogens is 204 g/mol. The van der Waals surface area contributed by atoms with Gasteiger partial charge in [-0.25, -0.2) is 10.2 Å². The summed E-state index contributed by atoms with van der Waals surface area (Å²) in [5.74, 6) is 0.518. The Morgan fingerprint density at radius 3 is 2.93 bits per heavy atom. The van der Waals surface area contributed by atoms with E-state index in [1.54, 1.807) is 24.3 Å². The molecule has 6 heteroatoms. The number of alkyl halides is 1. The van der Waals surface area contributed by atoms with Crippen LogP contribution in [0.5, 0.6) is 0 Å². The number of nitrogens with zero attached hydrogens (tertiary/aromatic N) is 3. The molecule has 0 fully saturated rings. The Hall–Kier alpha value is -1.46. The summed E-state index contributed by atoms with van der Waals surface area (Å²) in [6, 6.07) is 6.86. The van der Waals surface area contributed by atoms with Crippen LogP contribution in [0.4, 0.5) is 0 Å². The van der Waals surface area contributed by atoms with E-state index < -0.39 is 5.56 Å². The van der Waals surface area contributed by atoms with Crippen molar-refractivity contribution in [1.29, 1.82) is 0 Å². The number of hydrogen-bond acceptors (Lipinski definition) is 3. The van der Waals surface area contributed by atoms with E-state index in [0.717, 1.165) is 5.56 Å². The third-order valence-corrected chi connectivity index (χ3v) is 2.02. The maximum absolute atomic E-state index is 11.0. The van der Waals surface area contributed by atoms with E-state index in [0.29, 0.717) is 11.4 Å². The molecule has 0 spiro atoms. The Balaban J connectivity index is 2.41. The van der Waals surface area contributed by atoms with Gasteiger partial charge in [0.1, 0.15) is 0 Å². The fourth-order valence-corrected chi connectivity index (χ4v) is 1.24. The summed E-state index contributed by atoms with van der Waals surface area (Å²) in [4.78, 5) is 0. The van der Waals surface area contributed by atoms with E-state index >= 15 is 0 Å². The van der Waals surface area contributed by atoms with Crippen molar-refractivity contribution in [2.24, 2.45) is 0 Å². The van der Waals surface area contributed by atoms with Gasteiger partial charge in [-0.05, 0) is 22.1 Å². The minimum absolute atomic E-state index is 0.501. The molecule has 1 aromatic carbocycles. The summed E-state index contributed by atoms with van der Waals surface area (Å²) in [5.41, 5.74) is -0.0135. The van der Waals surface area contributed by atoms with Crippen LogP contribution in [0, 0.1) is 0 Å². The van der Waals surface area contributed by atoms with Gasteiger partial charge in [-0.1, -0.05) is 29.8 Å². The van der Waals surface area contributed by atoms with Crippen LogP contribution in [0.3, 0.4) is 0 Å². The first kappa shape index (κ1) is 9.11. The Labute approximate surface area is 84.7 Å². The number of rotatable bonds is 2. The molecule has 2 rings (SSSR count). The topological polar surface area (TPSA) is 74.4 Å². The van der Waals surface area contributed by atoms with Crippen LogP contribution >= 0.6 is 11.6 Å². The highest BCUT2D eigenvalue weighted by atomic mass is 35.5. The van der Waals surface area contributed by atoms with Gasteiger partial charge in [0.2, 0.25) is 0 Å². The smallest absolute Gasteiger partial charge is 0.191 e. The lowest BCUT2D eigenvalue weighted by molar-refractivity contribution is 0.161. The van der Waals surface area contributed by atoms with Gasteiger partial charge in [0.25, 0.3) is 0 Å². The van der Waals surface area contributed by atoms with E-state index in [1.807, 2.05) is 0 Å². The highest BCUT2D eigenvalue weighted by molar-refractivity contribution is 6.19. The summed E-state index contributed by atoms with van der Waals surface area (Å²) in [7, 11) is 0. The van der Waals surface area contributed by atoms with E-state index in [-0.39, 0.29) is 0 Å². The van der Waals surface area contributed by atoms with Crippen molar-refractivity contribution in [3.63, 3.8) is 0 Å². The van der Waals surface area contributed by atoms with E-state index in [2.05, 4.69) is 20.6 Å². The fraction of sp³-hybridized carbons (Fsp3) is 0.125. The number of aromatic amines is 1. The summed E-state index contributed by atoms with van der Waals surface area (Å²) >= 11 is 5.42. The molecule has 14 heavy (non-hydrogen) atoms. The van der Waals surface area contributed by atoms with Crippen molar-refractivity contribution in [2.45, 2.75) is 5.56 Å². The molecule has 0 saturated carbocycles. The number of aromatic nitrogens is 4. The summed E-state index contributed by atoms with van der Waals surface area (Å²) in [5, 5.41) is 24.2. The van der Waals surface area contributed by atoms with Crippen molar-refractivity contribution in [3.05, 3.63) is 29.8 Å². The Kier molecular flexibility index (Phi) is 2.43. The molecular formula is C8H6ClN4O. The molecule has 71 valence electrons. The molecule has 0 aliphatic rings. The molecule has 1 unspecified atom stereocenters. The van der Waals surface area contributed by atoms with Crippen molar-refractivity contribution in [3.8, 4) is 11.4 Å². The number of hydrogen-bond donors (Lipinski definition) is 1. The van der Waals surface area contributed by atoms with Crippen molar-refractivity contribution >= 4 is 11.6 Å². The Bertz CT molecular complexity index is 415. The number of halogens is 1. The highest BCUT2D eigenvalue weighted by Gasteiger charge is 2.07.